The van der Waals surface area contributed by atoms with Crippen molar-refractivity contribution in [3.05, 3.63) is 23.2 Å². The molecule has 1 aromatic carbocycles. The number of carbonyl (C=O) groups is 1. The molecule has 1 rings (SSSR count). The summed E-state index contributed by atoms with van der Waals surface area (Å²) in [4.78, 5) is 13.0. The SMILES string of the molecule is CNCC(C)C(=O)Nc1cccc(Cl)c1SC(C)C.Cl. The Kier molecular flexibility index (Phi) is 9.30. The molecule has 1 aromatic rings. The molecule has 2 N–H and O–H groups in total. The zero-order chi connectivity index (χ0) is 14.4. The molecule has 3 nitrogen and oxygen atoms in total. The summed E-state index contributed by atoms with van der Waals surface area (Å²) >= 11 is 7.87. The van der Waals surface area contributed by atoms with Gasteiger partial charge in [0.2, 0.25) is 5.91 Å². The molecule has 0 radical (unpaired) electrons. The Balaban J connectivity index is 0.00000361. The van der Waals surface area contributed by atoms with E-state index in [4.69, 9.17) is 11.6 Å². The van der Waals surface area contributed by atoms with Crippen LogP contribution in [0.25, 0.3) is 0 Å². The smallest absolute Gasteiger partial charge is 0.228 e. The molecular formula is C14H22Cl2N2OS. The summed E-state index contributed by atoms with van der Waals surface area (Å²) in [6.07, 6.45) is 0. The van der Waals surface area contributed by atoms with Gasteiger partial charge in [0.1, 0.15) is 0 Å². The van der Waals surface area contributed by atoms with Crippen LogP contribution in [0.2, 0.25) is 5.02 Å². The van der Waals surface area contributed by atoms with Crippen molar-refractivity contribution in [1.82, 2.24) is 5.32 Å². The van der Waals surface area contributed by atoms with Gasteiger partial charge in [-0.1, -0.05) is 38.4 Å². The lowest BCUT2D eigenvalue weighted by Gasteiger charge is -2.16. The van der Waals surface area contributed by atoms with Gasteiger partial charge in [0, 0.05) is 22.6 Å². The van der Waals surface area contributed by atoms with E-state index in [0.717, 1.165) is 10.6 Å². The van der Waals surface area contributed by atoms with Crippen molar-refractivity contribution in [2.24, 2.45) is 5.92 Å². The third-order valence-electron chi connectivity index (χ3n) is 2.54. The first-order valence-corrected chi connectivity index (χ1v) is 7.62. The van der Waals surface area contributed by atoms with E-state index in [2.05, 4.69) is 24.5 Å². The Morgan fingerprint density at radius 1 is 1.35 bits per heavy atom. The maximum atomic E-state index is 12.0. The maximum absolute atomic E-state index is 12.0. The number of thioether (sulfide) groups is 1. The first-order valence-electron chi connectivity index (χ1n) is 6.36. The van der Waals surface area contributed by atoms with Crippen LogP contribution in [-0.2, 0) is 4.79 Å². The molecular weight excluding hydrogens is 315 g/mol. The first kappa shape index (κ1) is 19.6. The van der Waals surface area contributed by atoms with E-state index < -0.39 is 0 Å². The molecule has 6 heteroatoms. The molecule has 1 unspecified atom stereocenters. The zero-order valence-corrected chi connectivity index (χ0v) is 14.6. The van der Waals surface area contributed by atoms with E-state index in [1.54, 1.807) is 11.8 Å². The number of benzene rings is 1. The predicted molar refractivity (Wildman–Crippen MR) is 91.4 cm³/mol. The van der Waals surface area contributed by atoms with Crippen LogP contribution < -0.4 is 10.6 Å². The normalized spacial score (nSPS) is 11.9. The van der Waals surface area contributed by atoms with Gasteiger partial charge in [0.05, 0.1) is 10.7 Å². The number of hydrogen-bond acceptors (Lipinski definition) is 3. The minimum atomic E-state index is -0.0825. The lowest BCUT2D eigenvalue weighted by Crippen LogP contribution is -2.28. The summed E-state index contributed by atoms with van der Waals surface area (Å²) in [7, 11) is 1.84. The summed E-state index contributed by atoms with van der Waals surface area (Å²) in [6, 6.07) is 5.59. The molecule has 1 amide bonds. The first-order chi connectivity index (χ1) is 8.95. The number of nitrogens with one attached hydrogen (secondary N) is 2. The van der Waals surface area contributed by atoms with Crippen molar-refractivity contribution >= 4 is 47.4 Å². The second kappa shape index (κ2) is 9.50. The van der Waals surface area contributed by atoms with Gasteiger partial charge in [-0.3, -0.25) is 4.79 Å². The summed E-state index contributed by atoms with van der Waals surface area (Å²) in [5.74, 6) is -0.0805. The second-order valence-corrected chi connectivity index (χ2v) is 6.73. The summed E-state index contributed by atoms with van der Waals surface area (Å²) in [5.41, 5.74) is 0.791. The fourth-order valence-electron chi connectivity index (χ4n) is 1.62. The highest BCUT2D eigenvalue weighted by molar-refractivity contribution is 8.00. The van der Waals surface area contributed by atoms with E-state index in [0.29, 0.717) is 16.8 Å². The minimum absolute atomic E-state index is 0. The van der Waals surface area contributed by atoms with Crippen molar-refractivity contribution in [3.8, 4) is 0 Å². The van der Waals surface area contributed by atoms with Gasteiger partial charge in [-0.05, 0) is 19.2 Å². The highest BCUT2D eigenvalue weighted by atomic mass is 35.5. The van der Waals surface area contributed by atoms with E-state index in [1.165, 1.54) is 0 Å². The standard InChI is InChI=1S/C14H21ClN2OS.ClH/c1-9(2)19-13-11(15)6-5-7-12(13)17-14(18)10(3)8-16-4;/h5-7,9-10,16H,8H2,1-4H3,(H,17,18);1H. The molecule has 0 saturated heterocycles. The number of amides is 1. The molecule has 20 heavy (non-hydrogen) atoms. The van der Waals surface area contributed by atoms with E-state index in [-0.39, 0.29) is 24.2 Å². The fraction of sp³-hybridized carbons (Fsp3) is 0.500. The number of hydrogen-bond donors (Lipinski definition) is 2. The topological polar surface area (TPSA) is 41.1 Å². The molecule has 0 bridgehead atoms. The number of rotatable bonds is 6. The van der Waals surface area contributed by atoms with Crippen LogP contribution in [0.1, 0.15) is 20.8 Å². The van der Waals surface area contributed by atoms with Crippen LogP contribution in [0.5, 0.6) is 0 Å². The van der Waals surface area contributed by atoms with Crippen LogP contribution in [0.15, 0.2) is 23.1 Å². The molecule has 0 heterocycles. The lowest BCUT2D eigenvalue weighted by atomic mass is 10.1. The Bertz CT molecular complexity index is 441. The van der Waals surface area contributed by atoms with Gasteiger partial charge in [-0.15, -0.1) is 24.2 Å². The van der Waals surface area contributed by atoms with Crippen molar-refractivity contribution in [1.29, 1.82) is 0 Å². The molecule has 114 valence electrons. The summed E-state index contributed by atoms with van der Waals surface area (Å²) in [5, 5.41) is 7.04. The van der Waals surface area contributed by atoms with Crippen LogP contribution in [0.3, 0.4) is 0 Å². The third-order valence-corrected chi connectivity index (χ3v) is 4.11. The molecule has 0 aliphatic carbocycles. The highest BCUT2D eigenvalue weighted by Gasteiger charge is 2.16. The Labute approximate surface area is 136 Å². The maximum Gasteiger partial charge on any atom is 0.228 e. The number of carbonyl (C=O) groups excluding carboxylic acids is 1. The Hall–Kier alpha value is -0.420. The van der Waals surface area contributed by atoms with Crippen LogP contribution in [0, 0.1) is 5.92 Å². The average molecular weight is 337 g/mol. The largest absolute Gasteiger partial charge is 0.325 e. The van der Waals surface area contributed by atoms with Crippen LogP contribution in [-0.4, -0.2) is 24.7 Å². The molecule has 0 aromatic heterocycles. The molecule has 1 atom stereocenters. The van der Waals surface area contributed by atoms with Gasteiger partial charge < -0.3 is 10.6 Å². The van der Waals surface area contributed by atoms with Gasteiger partial charge in [0.25, 0.3) is 0 Å². The van der Waals surface area contributed by atoms with E-state index in [9.17, 15) is 4.79 Å². The van der Waals surface area contributed by atoms with Crippen molar-refractivity contribution in [3.63, 3.8) is 0 Å². The molecule has 0 spiro atoms. The van der Waals surface area contributed by atoms with Crippen LogP contribution >= 0.6 is 35.8 Å². The minimum Gasteiger partial charge on any atom is -0.325 e. The quantitative estimate of drug-likeness (QED) is 0.769. The molecule has 0 aliphatic heterocycles. The van der Waals surface area contributed by atoms with Crippen molar-refractivity contribution in [2.75, 3.05) is 18.9 Å². The van der Waals surface area contributed by atoms with Crippen LogP contribution in [0.4, 0.5) is 5.69 Å². The molecule has 0 saturated carbocycles. The Morgan fingerprint density at radius 3 is 2.55 bits per heavy atom. The molecule has 0 aliphatic rings. The summed E-state index contributed by atoms with van der Waals surface area (Å²) in [6.45, 7) is 6.75. The molecule has 0 fully saturated rings. The summed E-state index contributed by atoms with van der Waals surface area (Å²) < 4.78 is 0. The Morgan fingerprint density at radius 2 is 2.00 bits per heavy atom. The van der Waals surface area contributed by atoms with Gasteiger partial charge in [-0.25, -0.2) is 0 Å². The third kappa shape index (κ3) is 5.92. The van der Waals surface area contributed by atoms with Gasteiger partial charge in [-0.2, -0.15) is 0 Å². The van der Waals surface area contributed by atoms with Gasteiger partial charge in [0.15, 0.2) is 0 Å². The zero-order valence-electron chi connectivity index (χ0n) is 12.2. The van der Waals surface area contributed by atoms with Crippen molar-refractivity contribution in [2.45, 2.75) is 30.9 Å². The van der Waals surface area contributed by atoms with Crippen molar-refractivity contribution < 1.29 is 4.79 Å². The number of halogens is 2. The fourth-order valence-corrected chi connectivity index (χ4v) is 2.82. The van der Waals surface area contributed by atoms with E-state index >= 15 is 0 Å². The van der Waals surface area contributed by atoms with E-state index in [1.807, 2.05) is 32.2 Å². The number of anilines is 1. The lowest BCUT2D eigenvalue weighted by molar-refractivity contribution is -0.119. The van der Waals surface area contributed by atoms with Gasteiger partial charge >= 0.3 is 0 Å². The predicted octanol–water partition coefficient (Wildman–Crippen LogP) is 4.06. The second-order valence-electron chi connectivity index (χ2n) is 4.73. The average Bonchev–Trinajstić information content (AvgIpc) is 2.33. The monoisotopic (exact) mass is 336 g/mol. The highest BCUT2D eigenvalue weighted by Crippen LogP contribution is 2.36.